The van der Waals surface area contributed by atoms with Crippen molar-refractivity contribution in [3.05, 3.63) is 83.4 Å². The number of hydrogen-bond acceptors (Lipinski definition) is 0. The predicted octanol–water partition coefficient (Wildman–Crippen LogP) is 5.57. The molecular weight excluding hydrogens is 296 g/mol. The van der Waals surface area contributed by atoms with Gasteiger partial charge < -0.3 is 0 Å². The van der Waals surface area contributed by atoms with E-state index in [2.05, 4.69) is 71.6 Å². The van der Waals surface area contributed by atoms with E-state index < -0.39 is 0 Å². The van der Waals surface area contributed by atoms with Crippen LogP contribution in [-0.4, -0.2) is 0 Å². The molecular formula is C18H17Br. The largest absolute Gasteiger partial charge is 0.103 e. The van der Waals surface area contributed by atoms with Gasteiger partial charge in [0.05, 0.1) is 0 Å². The maximum atomic E-state index is 3.77. The molecule has 0 N–H and O–H groups in total. The molecule has 0 heterocycles. The molecule has 0 aliphatic heterocycles. The van der Waals surface area contributed by atoms with Crippen molar-refractivity contribution >= 4 is 15.9 Å². The third-order valence-electron chi connectivity index (χ3n) is 3.06. The van der Waals surface area contributed by atoms with Crippen LogP contribution in [0.2, 0.25) is 0 Å². The molecule has 0 amide bonds. The fraction of sp³-hybridized carbons (Fsp3) is 0.111. The standard InChI is InChI=1S/C18H17Br/c1-3-5-14-7-10-16(11-8-14)17-12-9-15(6-4-2)13-18(17)19/h3-4,7-13H,1-2,5-6H2. The second kappa shape index (κ2) is 6.53. The molecule has 0 aliphatic rings. The molecule has 0 aliphatic carbocycles. The Morgan fingerprint density at radius 2 is 1.42 bits per heavy atom. The Kier molecular flexibility index (Phi) is 4.75. The summed E-state index contributed by atoms with van der Waals surface area (Å²) in [6, 6.07) is 15.1. The Hall–Kier alpha value is -1.60. The first-order valence-electron chi connectivity index (χ1n) is 6.34. The molecule has 0 atom stereocenters. The summed E-state index contributed by atoms with van der Waals surface area (Å²) in [7, 11) is 0. The molecule has 19 heavy (non-hydrogen) atoms. The van der Waals surface area contributed by atoms with Crippen molar-refractivity contribution in [3.8, 4) is 11.1 Å². The van der Waals surface area contributed by atoms with Crippen molar-refractivity contribution in [3.63, 3.8) is 0 Å². The summed E-state index contributed by atoms with van der Waals surface area (Å²) in [5.74, 6) is 0. The van der Waals surface area contributed by atoms with Crippen molar-refractivity contribution in [2.45, 2.75) is 12.8 Å². The van der Waals surface area contributed by atoms with E-state index in [9.17, 15) is 0 Å². The lowest BCUT2D eigenvalue weighted by atomic mass is 10.0. The van der Waals surface area contributed by atoms with Crippen LogP contribution in [0.25, 0.3) is 11.1 Å². The van der Waals surface area contributed by atoms with Gasteiger partial charge in [0.1, 0.15) is 0 Å². The number of rotatable bonds is 5. The Balaban J connectivity index is 2.30. The maximum absolute atomic E-state index is 3.77. The van der Waals surface area contributed by atoms with E-state index in [1.807, 2.05) is 12.2 Å². The van der Waals surface area contributed by atoms with Gasteiger partial charge in [0.2, 0.25) is 0 Å². The van der Waals surface area contributed by atoms with Gasteiger partial charge in [0.15, 0.2) is 0 Å². The van der Waals surface area contributed by atoms with Gasteiger partial charge in [-0.2, -0.15) is 0 Å². The molecule has 2 rings (SSSR count). The zero-order valence-electron chi connectivity index (χ0n) is 10.9. The summed E-state index contributed by atoms with van der Waals surface area (Å²) in [4.78, 5) is 0. The molecule has 0 saturated carbocycles. The molecule has 0 spiro atoms. The average molecular weight is 313 g/mol. The maximum Gasteiger partial charge on any atom is 0.0256 e. The zero-order valence-corrected chi connectivity index (χ0v) is 12.5. The first-order chi connectivity index (χ1) is 9.24. The number of benzene rings is 2. The lowest BCUT2D eigenvalue weighted by molar-refractivity contribution is 1.26. The van der Waals surface area contributed by atoms with Gasteiger partial charge in [-0.05, 0) is 41.2 Å². The third kappa shape index (κ3) is 3.45. The van der Waals surface area contributed by atoms with Crippen LogP contribution >= 0.6 is 15.9 Å². The average Bonchev–Trinajstić information content (AvgIpc) is 2.41. The van der Waals surface area contributed by atoms with Crippen LogP contribution in [0.5, 0.6) is 0 Å². The lowest BCUT2D eigenvalue weighted by Gasteiger charge is -2.08. The monoisotopic (exact) mass is 312 g/mol. The minimum Gasteiger partial charge on any atom is -0.103 e. The SMILES string of the molecule is C=CCc1ccc(-c2ccc(CC=C)cc2Br)cc1. The van der Waals surface area contributed by atoms with Crippen LogP contribution in [0.15, 0.2) is 72.2 Å². The Morgan fingerprint density at radius 1 is 0.842 bits per heavy atom. The number of hydrogen-bond donors (Lipinski definition) is 0. The van der Waals surface area contributed by atoms with Crippen LogP contribution in [0.1, 0.15) is 11.1 Å². The topological polar surface area (TPSA) is 0 Å². The minimum absolute atomic E-state index is 0.900. The molecule has 0 nitrogen and oxygen atoms in total. The molecule has 0 bridgehead atoms. The van der Waals surface area contributed by atoms with Crippen LogP contribution < -0.4 is 0 Å². The highest BCUT2D eigenvalue weighted by molar-refractivity contribution is 9.10. The summed E-state index contributed by atoms with van der Waals surface area (Å²) in [6.45, 7) is 7.53. The second-order valence-electron chi connectivity index (χ2n) is 4.50. The van der Waals surface area contributed by atoms with Crippen molar-refractivity contribution in [2.75, 3.05) is 0 Å². The highest BCUT2D eigenvalue weighted by Gasteiger charge is 2.04. The Morgan fingerprint density at radius 3 is 2.00 bits per heavy atom. The first-order valence-corrected chi connectivity index (χ1v) is 7.13. The lowest BCUT2D eigenvalue weighted by Crippen LogP contribution is -1.86. The van der Waals surface area contributed by atoms with E-state index in [1.165, 1.54) is 22.3 Å². The smallest absolute Gasteiger partial charge is 0.0256 e. The number of halogens is 1. The second-order valence-corrected chi connectivity index (χ2v) is 5.35. The normalized spacial score (nSPS) is 10.2. The van der Waals surface area contributed by atoms with Crippen molar-refractivity contribution in [2.24, 2.45) is 0 Å². The van der Waals surface area contributed by atoms with Gasteiger partial charge in [-0.25, -0.2) is 0 Å². The van der Waals surface area contributed by atoms with Gasteiger partial charge in [0, 0.05) is 4.47 Å². The Bertz CT molecular complexity index is 579. The predicted molar refractivity (Wildman–Crippen MR) is 87.4 cm³/mol. The molecule has 0 saturated heterocycles. The van der Waals surface area contributed by atoms with Gasteiger partial charge in [0.25, 0.3) is 0 Å². The van der Waals surface area contributed by atoms with E-state index in [0.29, 0.717) is 0 Å². The Labute approximate surface area is 123 Å². The van der Waals surface area contributed by atoms with E-state index >= 15 is 0 Å². The molecule has 1 heteroatoms. The van der Waals surface area contributed by atoms with Gasteiger partial charge in [-0.1, -0.05) is 64.5 Å². The summed E-state index contributed by atoms with van der Waals surface area (Å²) in [5, 5.41) is 0. The first kappa shape index (κ1) is 13.8. The summed E-state index contributed by atoms with van der Waals surface area (Å²) in [5.41, 5.74) is 5.01. The van der Waals surface area contributed by atoms with Crippen molar-refractivity contribution < 1.29 is 0 Å². The molecule has 0 radical (unpaired) electrons. The van der Waals surface area contributed by atoms with Crippen LogP contribution in [-0.2, 0) is 12.8 Å². The van der Waals surface area contributed by atoms with E-state index in [-0.39, 0.29) is 0 Å². The molecule has 0 unspecified atom stereocenters. The molecule has 2 aromatic carbocycles. The quantitative estimate of drug-likeness (QED) is 0.633. The fourth-order valence-electron chi connectivity index (χ4n) is 2.07. The molecule has 96 valence electrons. The summed E-state index contributed by atoms with van der Waals surface area (Å²) in [6.07, 6.45) is 5.66. The third-order valence-corrected chi connectivity index (χ3v) is 3.71. The van der Waals surface area contributed by atoms with Crippen LogP contribution in [0, 0.1) is 0 Å². The number of allylic oxidation sites excluding steroid dienone is 2. The summed E-state index contributed by atoms with van der Waals surface area (Å²) >= 11 is 3.65. The van der Waals surface area contributed by atoms with E-state index in [1.54, 1.807) is 0 Å². The van der Waals surface area contributed by atoms with Crippen LogP contribution in [0.3, 0.4) is 0 Å². The van der Waals surface area contributed by atoms with Gasteiger partial charge >= 0.3 is 0 Å². The van der Waals surface area contributed by atoms with E-state index in [4.69, 9.17) is 0 Å². The highest BCUT2D eigenvalue weighted by atomic mass is 79.9. The van der Waals surface area contributed by atoms with Gasteiger partial charge in [-0.3, -0.25) is 0 Å². The van der Waals surface area contributed by atoms with E-state index in [0.717, 1.165) is 17.3 Å². The molecule has 0 fully saturated rings. The summed E-state index contributed by atoms with van der Waals surface area (Å²) < 4.78 is 1.13. The molecule has 2 aromatic rings. The molecule has 0 aromatic heterocycles. The van der Waals surface area contributed by atoms with Gasteiger partial charge in [-0.15, -0.1) is 13.2 Å². The fourth-order valence-corrected chi connectivity index (χ4v) is 2.73. The zero-order chi connectivity index (χ0) is 13.7. The van der Waals surface area contributed by atoms with Crippen molar-refractivity contribution in [1.29, 1.82) is 0 Å². The minimum atomic E-state index is 0.900. The highest BCUT2D eigenvalue weighted by Crippen LogP contribution is 2.29. The van der Waals surface area contributed by atoms with Crippen molar-refractivity contribution in [1.82, 2.24) is 0 Å². The van der Waals surface area contributed by atoms with Crippen LogP contribution in [0.4, 0.5) is 0 Å².